The van der Waals surface area contributed by atoms with Gasteiger partial charge < -0.3 is 4.90 Å². The zero-order valence-electron chi connectivity index (χ0n) is 19.6. The number of amides is 3. The highest BCUT2D eigenvalue weighted by molar-refractivity contribution is 6.10. The molecular formula is C29H29N3O3. The summed E-state index contributed by atoms with van der Waals surface area (Å²) < 4.78 is 0. The molecule has 0 saturated carbocycles. The Labute approximate surface area is 205 Å². The van der Waals surface area contributed by atoms with Gasteiger partial charge in [0.2, 0.25) is 17.7 Å². The van der Waals surface area contributed by atoms with Gasteiger partial charge in [-0.2, -0.15) is 0 Å². The number of likely N-dealkylation sites (tertiary alicyclic amines) is 2. The second-order valence-corrected chi connectivity index (χ2v) is 11.0. The maximum Gasteiger partial charge on any atom is 0.236 e. The summed E-state index contributed by atoms with van der Waals surface area (Å²) in [4.78, 5) is 47.2. The first-order chi connectivity index (χ1) is 17.1. The van der Waals surface area contributed by atoms with Crippen LogP contribution < -0.4 is 0 Å². The first-order valence-electron chi connectivity index (χ1n) is 12.7. The lowest BCUT2D eigenvalue weighted by molar-refractivity contribution is -0.177. The van der Waals surface area contributed by atoms with Crippen LogP contribution in [0.2, 0.25) is 0 Å². The number of piperidine rings is 3. The number of fused-ring (bicyclic) bond motifs is 2. The lowest BCUT2D eigenvalue weighted by atomic mass is 9.54. The van der Waals surface area contributed by atoms with Gasteiger partial charge in [0.05, 0.1) is 29.8 Å². The lowest BCUT2D eigenvalue weighted by Crippen LogP contribution is -2.75. The molecule has 5 heterocycles. The molecule has 6 aliphatic rings. The first kappa shape index (κ1) is 21.1. The van der Waals surface area contributed by atoms with Crippen LogP contribution in [0.1, 0.15) is 17.5 Å². The molecule has 178 valence electrons. The average Bonchev–Trinajstić information content (AvgIpc) is 3.13. The molecule has 4 fully saturated rings. The molecule has 5 aliphatic heterocycles. The average molecular weight is 468 g/mol. The van der Waals surface area contributed by atoms with Crippen LogP contribution >= 0.6 is 0 Å². The van der Waals surface area contributed by atoms with Crippen LogP contribution in [-0.4, -0.2) is 57.6 Å². The standard InChI is InChI=1S/C29H29N3O3/c33-26-23-11-12-29(25-24(23)27(34)31(28(25)35)16-20-9-5-2-6-10-20)22-13-21(17-32(26)29)15-30(18-22)14-19-7-3-1-4-8-19/h1-12,21-25H,13-18H2/t21-,22-,23-,24+,25-,29-/m0/s1. The van der Waals surface area contributed by atoms with E-state index in [1.807, 2.05) is 47.4 Å². The predicted molar refractivity (Wildman–Crippen MR) is 129 cm³/mol. The van der Waals surface area contributed by atoms with Gasteiger partial charge in [-0.05, 0) is 29.4 Å². The van der Waals surface area contributed by atoms with Crippen molar-refractivity contribution in [3.63, 3.8) is 0 Å². The van der Waals surface area contributed by atoms with Crippen molar-refractivity contribution < 1.29 is 14.4 Å². The van der Waals surface area contributed by atoms with E-state index in [1.54, 1.807) is 0 Å². The van der Waals surface area contributed by atoms with Crippen molar-refractivity contribution in [1.82, 2.24) is 14.7 Å². The van der Waals surface area contributed by atoms with Crippen LogP contribution in [0.15, 0.2) is 72.8 Å². The molecule has 0 aromatic heterocycles. The highest BCUT2D eigenvalue weighted by Gasteiger charge is 2.71. The fourth-order valence-electron chi connectivity index (χ4n) is 7.72. The molecule has 4 saturated heterocycles. The summed E-state index contributed by atoms with van der Waals surface area (Å²) >= 11 is 0. The fourth-order valence-corrected chi connectivity index (χ4v) is 7.72. The van der Waals surface area contributed by atoms with Crippen molar-refractivity contribution >= 4 is 17.7 Å². The van der Waals surface area contributed by atoms with E-state index in [0.29, 0.717) is 12.5 Å². The van der Waals surface area contributed by atoms with E-state index in [1.165, 1.54) is 10.5 Å². The topological polar surface area (TPSA) is 60.9 Å². The fraction of sp³-hybridized carbons (Fsp3) is 0.414. The molecule has 6 heteroatoms. The molecule has 0 radical (unpaired) electrons. The quantitative estimate of drug-likeness (QED) is 0.513. The van der Waals surface area contributed by atoms with Crippen molar-refractivity contribution in [3.05, 3.63) is 83.9 Å². The van der Waals surface area contributed by atoms with E-state index in [0.717, 1.165) is 31.6 Å². The van der Waals surface area contributed by atoms with Crippen LogP contribution in [0.5, 0.6) is 0 Å². The lowest BCUT2D eigenvalue weighted by Gasteiger charge is -2.64. The van der Waals surface area contributed by atoms with Crippen molar-refractivity contribution in [3.8, 4) is 0 Å². The van der Waals surface area contributed by atoms with E-state index in [-0.39, 0.29) is 30.2 Å². The highest BCUT2D eigenvalue weighted by Crippen LogP contribution is 2.58. The second kappa shape index (κ2) is 7.62. The Bertz CT molecular complexity index is 1230. The number of nitrogens with zero attached hydrogens (tertiary/aromatic N) is 3. The normalized spacial score (nSPS) is 35.4. The summed E-state index contributed by atoms with van der Waals surface area (Å²) in [5, 5.41) is 0. The van der Waals surface area contributed by atoms with Gasteiger partial charge in [-0.3, -0.25) is 24.2 Å². The largest absolute Gasteiger partial charge is 0.332 e. The minimum atomic E-state index is -0.694. The summed E-state index contributed by atoms with van der Waals surface area (Å²) in [6.07, 6.45) is 5.09. The Balaban J connectivity index is 1.24. The number of rotatable bonds is 4. The van der Waals surface area contributed by atoms with Gasteiger partial charge in [-0.25, -0.2) is 0 Å². The zero-order valence-corrected chi connectivity index (χ0v) is 19.6. The van der Waals surface area contributed by atoms with Crippen LogP contribution in [-0.2, 0) is 27.5 Å². The number of carbonyl (C=O) groups is 3. The van der Waals surface area contributed by atoms with E-state index in [9.17, 15) is 14.4 Å². The number of hydrogen-bond acceptors (Lipinski definition) is 4. The Morgan fingerprint density at radius 1 is 0.771 bits per heavy atom. The van der Waals surface area contributed by atoms with Gasteiger partial charge in [0.15, 0.2) is 0 Å². The molecule has 1 spiro atoms. The Morgan fingerprint density at radius 2 is 1.46 bits per heavy atom. The van der Waals surface area contributed by atoms with Crippen molar-refractivity contribution in [1.29, 1.82) is 0 Å². The maximum absolute atomic E-state index is 14.0. The van der Waals surface area contributed by atoms with Crippen molar-refractivity contribution in [2.75, 3.05) is 19.6 Å². The summed E-state index contributed by atoms with van der Waals surface area (Å²) in [5.74, 6) is -1.26. The summed E-state index contributed by atoms with van der Waals surface area (Å²) in [5.41, 5.74) is 1.52. The van der Waals surface area contributed by atoms with Gasteiger partial charge >= 0.3 is 0 Å². The van der Waals surface area contributed by atoms with Crippen LogP contribution in [0.3, 0.4) is 0 Å². The second-order valence-electron chi connectivity index (χ2n) is 11.0. The highest BCUT2D eigenvalue weighted by atomic mass is 16.2. The molecule has 4 bridgehead atoms. The van der Waals surface area contributed by atoms with Gasteiger partial charge in [0.25, 0.3) is 0 Å². The molecular weight excluding hydrogens is 438 g/mol. The van der Waals surface area contributed by atoms with Crippen LogP contribution in [0, 0.1) is 29.6 Å². The van der Waals surface area contributed by atoms with Crippen LogP contribution in [0.4, 0.5) is 0 Å². The monoisotopic (exact) mass is 467 g/mol. The van der Waals surface area contributed by atoms with E-state index >= 15 is 0 Å². The summed E-state index contributed by atoms with van der Waals surface area (Å²) in [7, 11) is 0. The van der Waals surface area contributed by atoms with E-state index in [4.69, 9.17) is 0 Å². The Kier molecular flexibility index (Phi) is 4.59. The number of carbonyl (C=O) groups excluding carboxylic acids is 3. The molecule has 8 rings (SSSR count). The van der Waals surface area contributed by atoms with E-state index < -0.39 is 23.3 Å². The molecule has 2 aromatic carbocycles. The minimum absolute atomic E-state index is 0.0441. The molecule has 6 atom stereocenters. The smallest absolute Gasteiger partial charge is 0.236 e. The van der Waals surface area contributed by atoms with Gasteiger partial charge in [0, 0.05) is 26.2 Å². The zero-order chi connectivity index (χ0) is 23.7. The first-order valence-corrected chi connectivity index (χ1v) is 12.7. The molecule has 0 unspecified atom stereocenters. The van der Waals surface area contributed by atoms with E-state index in [2.05, 4.69) is 35.2 Å². The van der Waals surface area contributed by atoms with Gasteiger partial charge in [-0.15, -0.1) is 0 Å². The Morgan fingerprint density at radius 3 is 2.17 bits per heavy atom. The minimum Gasteiger partial charge on any atom is -0.332 e. The summed E-state index contributed by atoms with van der Waals surface area (Å²) in [6.45, 7) is 3.60. The van der Waals surface area contributed by atoms with Crippen molar-refractivity contribution in [2.24, 2.45) is 29.6 Å². The molecule has 6 nitrogen and oxygen atoms in total. The SMILES string of the molecule is O=C1[C@@H]2[C@@H]3C=C[C@]4([C@H]5C[C@@H](CN(Cc6ccccc6)C5)CN4C3=O)[C@@H]2C(=O)N1Cc1ccccc1. The molecule has 1 aliphatic carbocycles. The van der Waals surface area contributed by atoms with Crippen LogP contribution in [0.25, 0.3) is 0 Å². The number of benzene rings is 2. The van der Waals surface area contributed by atoms with Gasteiger partial charge in [-0.1, -0.05) is 72.8 Å². The molecule has 2 aromatic rings. The summed E-state index contributed by atoms with van der Waals surface area (Å²) in [6, 6.07) is 20.1. The van der Waals surface area contributed by atoms with Crippen molar-refractivity contribution in [2.45, 2.75) is 25.0 Å². The van der Waals surface area contributed by atoms with Gasteiger partial charge in [0.1, 0.15) is 0 Å². The molecule has 3 amide bonds. The third-order valence-corrected chi connectivity index (χ3v) is 9.06. The molecule has 35 heavy (non-hydrogen) atoms. The Hall–Kier alpha value is -3.25. The maximum atomic E-state index is 14.0. The third-order valence-electron chi connectivity index (χ3n) is 9.06. The third kappa shape index (κ3) is 2.95. The number of imide groups is 1. The number of hydrogen-bond donors (Lipinski definition) is 0. The predicted octanol–water partition coefficient (Wildman–Crippen LogP) is 2.71. The molecule has 0 N–H and O–H groups in total.